The van der Waals surface area contributed by atoms with E-state index in [2.05, 4.69) is 9.97 Å². The molecule has 9 heteroatoms. The Morgan fingerprint density at radius 1 is 1.07 bits per heavy atom. The van der Waals surface area contributed by atoms with Crippen LogP contribution >= 0.6 is 0 Å². The molecule has 0 atom stereocenters. The van der Waals surface area contributed by atoms with Gasteiger partial charge in [-0.15, -0.1) is 0 Å². The molecule has 1 amide bonds. The first-order chi connectivity index (χ1) is 13.6. The lowest BCUT2D eigenvalue weighted by Crippen LogP contribution is -2.19. The second-order valence-corrected chi connectivity index (χ2v) is 8.45. The van der Waals surface area contributed by atoms with E-state index >= 15 is 0 Å². The fourth-order valence-electron chi connectivity index (χ4n) is 3.07. The number of pyridine rings is 2. The number of carbonyl (C=O) groups excluding carboxylic acids is 1. The van der Waals surface area contributed by atoms with Crippen LogP contribution in [0.5, 0.6) is 11.6 Å². The van der Waals surface area contributed by atoms with E-state index in [0.29, 0.717) is 5.75 Å². The summed E-state index contributed by atoms with van der Waals surface area (Å²) in [4.78, 5) is 19.7. The summed E-state index contributed by atoms with van der Waals surface area (Å²) in [5, 5.41) is -0.306. The zero-order chi connectivity index (χ0) is 21.3. The molecule has 3 aromatic rings. The molecule has 3 rings (SSSR count). The Bertz CT molecular complexity index is 1200. The van der Waals surface area contributed by atoms with Crippen molar-refractivity contribution in [1.29, 1.82) is 0 Å². The summed E-state index contributed by atoms with van der Waals surface area (Å²) < 4.78 is 32.0. The summed E-state index contributed by atoms with van der Waals surface area (Å²) in [6.45, 7) is 5.63. The molecule has 0 spiro atoms. The average Bonchev–Trinajstić information content (AvgIpc) is 2.64. The number of amides is 1. The van der Waals surface area contributed by atoms with Crippen LogP contribution in [0.25, 0.3) is 0 Å². The van der Waals surface area contributed by atoms with Crippen molar-refractivity contribution in [1.82, 2.24) is 9.97 Å². The Balaban J connectivity index is 2.19. The number of benzene rings is 1. The number of sulfone groups is 1. The molecule has 0 unspecified atom stereocenters. The van der Waals surface area contributed by atoms with E-state index in [4.69, 9.17) is 16.2 Å². The van der Waals surface area contributed by atoms with Gasteiger partial charge in [-0.2, -0.15) is 0 Å². The Hall–Kier alpha value is -3.46. The van der Waals surface area contributed by atoms with Crippen molar-refractivity contribution >= 4 is 21.6 Å². The van der Waals surface area contributed by atoms with Crippen LogP contribution in [0.2, 0.25) is 0 Å². The second kappa shape index (κ2) is 7.51. The van der Waals surface area contributed by atoms with Gasteiger partial charge < -0.3 is 16.2 Å². The predicted molar refractivity (Wildman–Crippen MR) is 108 cm³/mol. The summed E-state index contributed by atoms with van der Waals surface area (Å²) in [6, 6.07) is 9.19. The molecule has 1 aromatic carbocycles. The van der Waals surface area contributed by atoms with Crippen molar-refractivity contribution in [3.05, 3.63) is 64.8 Å². The van der Waals surface area contributed by atoms with Gasteiger partial charge in [0.2, 0.25) is 15.7 Å². The van der Waals surface area contributed by atoms with Crippen LogP contribution < -0.4 is 16.2 Å². The molecule has 0 saturated carbocycles. The number of hydrogen-bond donors (Lipinski definition) is 2. The minimum absolute atomic E-state index is 0.0307. The molecule has 29 heavy (non-hydrogen) atoms. The van der Waals surface area contributed by atoms with E-state index in [1.165, 1.54) is 30.5 Å². The first-order valence-corrected chi connectivity index (χ1v) is 10.1. The topological polar surface area (TPSA) is 138 Å². The molecule has 8 nitrogen and oxygen atoms in total. The van der Waals surface area contributed by atoms with Crippen molar-refractivity contribution in [2.75, 3.05) is 5.73 Å². The van der Waals surface area contributed by atoms with Crippen molar-refractivity contribution in [2.24, 2.45) is 5.73 Å². The largest absolute Gasteiger partial charge is 0.438 e. The van der Waals surface area contributed by atoms with Gasteiger partial charge in [-0.3, -0.25) is 4.79 Å². The zero-order valence-electron chi connectivity index (χ0n) is 16.1. The fraction of sp³-hybridized carbons (Fsp3) is 0.150. The molecule has 4 N–H and O–H groups in total. The van der Waals surface area contributed by atoms with E-state index in [-0.39, 0.29) is 27.2 Å². The van der Waals surface area contributed by atoms with Crippen LogP contribution in [0.4, 0.5) is 5.82 Å². The molecule has 2 heterocycles. The van der Waals surface area contributed by atoms with Crippen LogP contribution in [-0.4, -0.2) is 24.3 Å². The third-order valence-electron chi connectivity index (χ3n) is 4.24. The maximum Gasteiger partial charge on any atom is 0.255 e. The number of nitrogens with zero attached hydrogens (tertiary/aromatic N) is 2. The second-order valence-electron chi connectivity index (χ2n) is 6.59. The number of hydrogen-bond acceptors (Lipinski definition) is 7. The normalized spacial score (nSPS) is 11.3. The highest BCUT2D eigenvalue weighted by Crippen LogP contribution is 2.34. The van der Waals surface area contributed by atoms with E-state index in [1.807, 2.05) is 32.9 Å². The molecular formula is C20H20N4O4S. The number of nitrogens with two attached hydrogens (primary N) is 2. The molecule has 0 aliphatic heterocycles. The van der Waals surface area contributed by atoms with Gasteiger partial charge in [-0.05, 0) is 50.1 Å². The SMILES string of the molecule is Cc1cc(C)c(Oc2nccc(S(=O)(=O)c3cccc(N)n3)c2C(N)=O)c(C)c1. The predicted octanol–water partition coefficient (Wildman–Crippen LogP) is 2.71. The number of nitrogen functional groups attached to an aromatic ring is 1. The van der Waals surface area contributed by atoms with Gasteiger partial charge in [0, 0.05) is 6.20 Å². The van der Waals surface area contributed by atoms with Crippen LogP contribution in [0.15, 0.2) is 52.5 Å². The van der Waals surface area contributed by atoms with E-state index < -0.39 is 15.7 Å². The number of aryl methyl sites for hydroxylation is 3. The van der Waals surface area contributed by atoms with Gasteiger partial charge in [0.05, 0.1) is 4.90 Å². The number of anilines is 1. The first kappa shape index (κ1) is 20.3. The average molecular weight is 412 g/mol. The zero-order valence-corrected chi connectivity index (χ0v) is 16.9. The summed E-state index contributed by atoms with van der Waals surface area (Å²) in [6.07, 6.45) is 1.24. The van der Waals surface area contributed by atoms with Crippen molar-refractivity contribution < 1.29 is 17.9 Å². The highest BCUT2D eigenvalue weighted by Gasteiger charge is 2.29. The van der Waals surface area contributed by atoms with Crippen molar-refractivity contribution in [3.8, 4) is 11.6 Å². The van der Waals surface area contributed by atoms with E-state index in [1.54, 1.807) is 0 Å². The number of rotatable bonds is 5. The number of aromatic nitrogens is 2. The van der Waals surface area contributed by atoms with Crippen LogP contribution in [0.3, 0.4) is 0 Å². The molecule has 0 saturated heterocycles. The molecule has 0 radical (unpaired) electrons. The third-order valence-corrected chi connectivity index (χ3v) is 5.93. The van der Waals surface area contributed by atoms with Gasteiger partial charge in [-0.1, -0.05) is 23.8 Å². The highest BCUT2D eigenvalue weighted by molar-refractivity contribution is 7.91. The standard InChI is InChI=1S/C20H20N4O4S/c1-11-9-12(2)18(13(3)10-11)28-20-17(19(22)25)14(7-8-23-20)29(26,27)16-6-4-5-15(21)24-16/h4-10H,1-3H3,(H2,21,24)(H2,22,25). The van der Waals surface area contributed by atoms with Gasteiger partial charge >= 0.3 is 0 Å². The summed E-state index contributed by atoms with van der Waals surface area (Å²) in [7, 11) is -4.19. The van der Waals surface area contributed by atoms with Crippen molar-refractivity contribution in [3.63, 3.8) is 0 Å². The molecule has 0 bridgehead atoms. The van der Waals surface area contributed by atoms with Crippen LogP contribution in [0, 0.1) is 20.8 Å². The maximum atomic E-state index is 13.1. The smallest absolute Gasteiger partial charge is 0.255 e. The summed E-state index contributed by atoms with van der Waals surface area (Å²) in [5.74, 6) is -0.680. The monoisotopic (exact) mass is 412 g/mol. The lowest BCUT2D eigenvalue weighted by Gasteiger charge is -2.15. The molecule has 0 aliphatic rings. The van der Waals surface area contributed by atoms with E-state index in [9.17, 15) is 13.2 Å². The lowest BCUT2D eigenvalue weighted by atomic mass is 10.1. The Morgan fingerprint density at radius 2 is 1.72 bits per heavy atom. The van der Waals surface area contributed by atoms with Gasteiger partial charge in [-0.25, -0.2) is 18.4 Å². The Labute approximate surface area is 168 Å². The first-order valence-electron chi connectivity index (χ1n) is 8.63. The molecule has 150 valence electrons. The third kappa shape index (κ3) is 3.90. The highest BCUT2D eigenvalue weighted by atomic mass is 32.2. The van der Waals surface area contributed by atoms with Gasteiger partial charge in [0.15, 0.2) is 5.03 Å². The molecule has 0 aliphatic carbocycles. The van der Waals surface area contributed by atoms with Gasteiger partial charge in [0.1, 0.15) is 17.1 Å². The number of ether oxygens (including phenoxy) is 1. The van der Waals surface area contributed by atoms with Gasteiger partial charge in [0.25, 0.3) is 5.91 Å². The quantitative estimate of drug-likeness (QED) is 0.657. The Kier molecular flexibility index (Phi) is 5.25. The number of carbonyl (C=O) groups is 1. The Morgan fingerprint density at radius 3 is 2.31 bits per heavy atom. The molecule has 2 aromatic heterocycles. The number of primary amides is 1. The summed E-state index contributed by atoms with van der Waals surface area (Å²) in [5.41, 5.74) is 13.4. The molecular weight excluding hydrogens is 392 g/mol. The van der Waals surface area contributed by atoms with Crippen LogP contribution in [-0.2, 0) is 9.84 Å². The van der Waals surface area contributed by atoms with Crippen molar-refractivity contribution in [2.45, 2.75) is 30.7 Å². The fourth-order valence-corrected chi connectivity index (χ4v) is 4.48. The van der Waals surface area contributed by atoms with E-state index in [0.717, 1.165) is 16.7 Å². The van der Waals surface area contributed by atoms with Crippen LogP contribution in [0.1, 0.15) is 27.0 Å². The summed E-state index contributed by atoms with van der Waals surface area (Å²) >= 11 is 0. The lowest BCUT2D eigenvalue weighted by molar-refractivity contribution is 0.0994. The molecule has 0 fully saturated rings. The maximum absolute atomic E-state index is 13.1. The minimum Gasteiger partial charge on any atom is -0.438 e. The minimum atomic E-state index is -4.19.